The number of imidazole rings is 1. The van der Waals surface area contributed by atoms with Crippen molar-refractivity contribution in [1.82, 2.24) is 14.9 Å². The Morgan fingerprint density at radius 1 is 1.54 bits per heavy atom. The van der Waals surface area contributed by atoms with Gasteiger partial charge in [-0.05, 0) is 12.1 Å². The van der Waals surface area contributed by atoms with Gasteiger partial charge in [-0.25, -0.2) is 10.5 Å². The van der Waals surface area contributed by atoms with Crippen molar-refractivity contribution in [2.24, 2.45) is 0 Å². The van der Waals surface area contributed by atoms with Crippen LogP contribution < -0.4 is 5.48 Å². The van der Waals surface area contributed by atoms with E-state index in [1.54, 1.807) is 40.6 Å². The molecule has 0 saturated carbocycles. The highest BCUT2D eigenvalue weighted by molar-refractivity contribution is 5.98. The second-order valence-electron chi connectivity index (χ2n) is 2.52. The summed E-state index contributed by atoms with van der Waals surface area (Å²) in [6, 6.07) is 3.30. The second kappa shape index (κ2) is 2.87. The molecule has 0 bridgehead atoms. The van der Waals surface area contributed by atoms with E-state index >= 15 is 0 Å². The topological polar surface area (TPSA) is 66.6 Å². The third-order valence-corrected chi connectivity index (χ3v) is 1.77. The molecular formula is C8H7N3O2. The van der Waals surface area contributed by atoms with Gasteiger partial charge in [-0.1, -0.05) is 0 Å². The average molecular weight is 177 g/mol. The third kappa shape index (κ3) is 1.15. The van der Waals surface area contributed by atoms with Crippen molar-refractivity contribution in [2.75, 3.05) is 0 Å². The molecule has 2 aromatic heterocycles. The van der Waals surface area contributed by atoms with Crippen LogP contribution in [-0.2, 0) is 0 Å². The van der Waals surface area contributed by atoms with Crippen molar-refractivity contribution < 1.29 is 10.0 Å². The van der Waals surface area contributed by atoms with Gasteiger partial charge in [0.1, 0.15) is 5.65 Å². The third-order valence-electron chi connectivity index (χ3n) is 1.77. The molecule has 0 aliphatic rings. The van der Waals surface area contributed by atoms with Crippen LogP contribution in [0.5, 0.6) is 0 Å². The molecule has 0 unspecified atom stereocenters. The molecule has 2 rings (SSSR count). The SMILES string of the molecule is O=C(NO)c1cccn2ccnc12. The molecule has 0 spiro atoms. The summed E-state index contributed by atoms with van der Waals surface area (Å²) >= 11 is 0. The molecule has 0 aromatic carbocycles. The lowest BCUT2D eigenvalue weighted by Gasteiger charge is -1.99. The number of carbonyl (C=O) groups excluding carboxylic acids is 1. The van der Waals surface area contributed by atoms with E-state index in [-0.39, 0.29) is 0 Å². The molecule has 0 saturated heterocycles. The minimum Gasteiger partial charge on any atom is -0.306 e. The van der Waals surface area contributed by atoms with Crippen molar-refractivity contribution >= 4 is 11.6 Å². The molecule has 2 heterocycles. The van der Waals surface area contributed by atoms with E-state index in [1.165, 1.54) is 0 Å². The molecule has 13 heavy (non-hydrogen) atoms. The summed E-state index contributed by atoms with van der Waals surface area (Å²) in [6.45, 7) is 0. The van der Waals surface area contributed by atoms with Crippen LogP contribution in [0.4, 0.5) is 0 Å². The fourth-order valence-corrected chi connectivity index (χ4v) is 1.19. The van der Waals surface area contributed by atoms with Crippen LogP contribution in [0.3, 0.4) is 0 Å². The van der Waals surface area contributed by atoms with Crippen LogP contribution in [0.15, 0.2) is 30.7 Å². The Bertz CT molecular complexity index is 449. The Morgan fingerprint density at radius 3 is 3.15 bits per heavy atom. The molecule has 0 radical (unpaired) electrons. The number of nitrogens with one attached hydrogen (secondary N) is 1. The first-order valence-electron chi connectivity index (χ1n) is 3.69. The Hall–Kier alpha value is -1.88. The summed E-state index contributed by atoms with van der Waals surface area (Å²) in [5.41, 5.74) is 2.44. The molecule has 5 heteroatoms. The first kappa shape index (κ1) is 7.75. The molecular weight excluding hydrogens is 170 g/mol. The van der Waals surface area contributed by atoms with Crippen LogP contribution in [0.2, 0.25) is 0 Å². The number of pyridine rings is 1. The number of hydrogen-bond donors (Lipinski definition) is 2. The van der Waals surface area contributed by atoms with Gasteiger partial charge in [0.05, 0.1) is 5.56 Å². The molecule has 1 amide bonds. The lowest BCUT2D eigenvalue weighted by Crippen LogP contribution is -2.19. The molecule has 0 aliphatic heterocycles. The van der Waals surface area contributed by atoms with Gasteiger partial charge in [0.2, 0.25) is 0 Å². The summed E-state index contributed by atoms with van der Waals surface area (Å²) in [5.74, 6) is -0.559. The smallest absolute Gasteiger partial charge is 0.278 e. The maximum Gasteiger partial charge on any atom is 0.278 e. The zero-order valence-electron chi connectivity index (χ0n) is 6.64. The largest absolute Gasteiger partial charge is 0.306 e. The van der Waals surface area contributed by atoms with Crippen LogP contribution >= 0.6 is 0 Å². The fraction of sp³-hybridized carbons (Fsp3) is 0. The van der Waals surface area contributed by atoms with Crippen LogP contribution in [0.1, 0.15) is 10.4 Å². The van der Waals surface area contributed by atoms with E-state index < -0.39 is 5.91 Å². The van der Waals surface area contributed by atoms with Gasteiger partial charge in [0.15, 0.2) is 0 Å². The van der Waals surface area contributed by atoms with E-state index in [2.05, 4.69) is 4.98 Å². The summed E-state index contributed by atoms with van der Waals surface area (Å²) in [6.07, 6.45) is 5.09. The molecule has 0 aliphatic carbocycles. The molecule has 2 N–H and O–H groups in total. The van der Waals surface area contributed by atoms with Gasteiger partial charge in [0, 0.05) is 18.6 Å². The van der Waals surface area contributed by atoms with Gasteiger partial charge in [-0.2, -0.15) is 0 Å². The first-order chi connectivity index (χ1) is 6.33. The summed E-state index contributed by atoms with van der Waals surface area (Å²) in [5, 5.41) is 8.45. The minimum absolute atomic E-state index is 0.343. The van der Waals surface area contributed by atoms with Gasteiger partial charge in [0.25, 0.3) is 5.91 Å². The molecule has 5 nitrogen and oxygen atoms in total. The maximum absolute atomic E-state index is 11.1. The quantitative estimate of drug-likeness (QED) is 0.491. The average Bonchev–Trinajstić information content (AvgIpc) is 2.63. The molecule has 0 fully saturated rings. The monoisotopic (exact) mass is 177 g/mol. The number of hydrogen-bond acceptors (Lipinski definition) is 3. The predicted molar refractivity (Wildman–Crippen MR) is 44.4 cm³/mol. The highest BCUT2D eigenvalue weighted by atomic mass is 16.5. The van der Waals surface area contributed by atoms with E-state index in [9.17, 15) is 4.79 Å². The van der Waals surface area contributed by atoms with Gasteiger partial charge < -0.3 is 4.40 Å². The number of carbonyl (C=O) groups is 1. The van der Waals surface area contributed by atoms with Gasteiger partial charge in [-0.3, -0.25) is 10.0 Å². The standard InChI is InChI=1S/C8H7N3O2/c12-8(10-13)6-2-1-4-11-5-3-9-7(6)11/h1-5,13H,(H,10,12). The normalized spacial score (nSPS) is 10.2. The van der Waals surface area contributed by atoms with Gasteiger partial charge >= 0.3 is 0 Å². The van der Waals surface area contributed by atoms with E-state index in [1.807, 2.05) is 0 Å². The Kier molecular flexibility index (Phi) is 1.71. The maximum atomic E-state index is 11.1. The number of fused-ring (bicyclic) bond motifs is 1. The number of rotatable bonds is 1. The highest BCUT2D eigenvalue weighted by Crippen LogP contribution is 2.07. The lowest BCUT2D eigenvalue weighted by atomic mass is 10.2. The van der Waals surface area contributed by atoms with E-state index in [4.69, 9.17) is 5.21 Å². The second-order valence-corrected chi connectivity index (χ2v) is 2.52. The number of hydroxylamine groups is 1. The number of amides is 1. The van der Waals surface area contributed by atoms with Crippen LogP contribution in [0, 0.1) is 0 Å². The van der Waals surface area contributed by atoms with Crippen LogP contribution in [0.25, 0.3) is 5.65 Å². The van der Waals surface area contributed by atoms with Crippen molar-refractivity contribution in [3.8, 4) is 0 Å². The van der Waals surface area contributed by atoms with Gasteiger partial charge in [-0.15, -0.1) is 0 Å². The van der Waals surface area contributed by atoms with Crippen molar-refractivity contribution in [2.45, 2.75) is 0 Å². The molecule has 66 valence electrons. The Labute approximate surface area is 73.6 Å². The van der Waals surface area contributed by atoms with Crippen LogP contribution in [-0.4, -0.2) is 20.5 Å². The minimum atomic E-state index is -0.559. The fourth-order valence-electron chi connectivity index (χ4n) is 1.19. The highest BCUT2D eigenvalue weighted by Gasteiger charge is 2.09. The lowest BCUT2D eigenvalue weighted by molar-refractivity contribution is 0.0707. The summed E-state index contributed by atoms with van der Waals surface area (Å²) < 4.78 is 1.70. The zero-order valence-corrected chi connectivity index (χ0v) is 6.64. The Balaban J connectivity index is 2.67. The Morgan fingerprint density at radius 2 is 2.38 bits per heavy atom. The summed E-state index contributed by atoms with van der Waals surface area (Å²) in [7, 11) is 0. The zero-order chi connectivity index (χ0) is 9.26. The number of aromatic nitrogens is 2. The predicted octanol–water partition coefficient (Wildman–Crippen LogP) is 0.453. The number of nitrogens with zero attached hydrogens (tertiary/aromatic N) is 2. The molecule has 0 atom stereocenters. The summed E-state index contributed by atoms with van der Waals surface area (Å²) in [4.78, 5) is 15.1. The van der Waals surface area contributed by atoms with Crippen molar-refractivity contribution in [3.63, 3.8) is 0 Å². The first-order valence-corrected chi connectivity index (χ1v) is 3.69. The van der Waals surface area contributed by atoms with Crippen molar-refractivity contribution in [3.05, 3.63) is 36.3 Å². The van der Waals surface area contributed by atoms with Crippen molar-refractivity contribution in [1.29, 1.82) is 0 Å². The molecule has 2 aromatic rings. The van der Waals surface area contributed by atoms with E-state index in [0.717, 1.165) is 0 Å². The van der Waals surface area contributed by atoms with E-state index in [0.29, 0.717) is 11.2 Å².